The first-order valence-corrected chi connectivity index (χ1v) is 4.16. The minimum absolute atomic E-state index is 0.187. The highest BCUT2D eigenvalue weighted by Crippen LogP contribution is 1.99. The van der Waals surface area contributed by atoms with Crippen LogP contribution in [0.2, 0.25) is 0 Å². The fourth-order valence-corrected chi connectivity index (χ4v) is 0.621. The number of carbonyl (C=O) groups is 1. The highest BCUT2D eigenvalue weighted by Gasteiger charge is 2.01. The van der Waals surface area contributed by atoms with Gasteiger partial charge in [0.15, 0.2) is 0 Å². The van der Waals surface area contributed by atoms with Gasteiger partial charge in [-0.3, -0.25) is 4.79 Å². The average molecular weight is 157 g/mol. The van der Waals surface area contributed by atoms with Gasteiger partial charge in [-0.05, 0) is 18.8 Å². The van der Waals surface area contributed by atoms with Crippen molar-refractivity contribution in [1.29, 1.82) is 0 Å². The maximum atomic E-state index is 10.7. The van der Waals surface area contributed by atoms with Crippen molar-refractivity contribution in [2.75, 3.05) is 6.61 Å². The zero-order chi connectivity index (χ0) is 8.69. The van der Waals surface area contributed by atoms with E-state index in [1.807, 2.05) is 6.92 Å². The number of carbonyl (C=O) groups excluding carboxylic acids is 1. The zero-order valence-corrected chi connectivity index (χ0v) is 7.59. The second kappa shape index (κ2) is 6.20. The van der Waals surface area contributed by atoms with Gasteiger partial charge in [-0.25, -0.2) is 0 Å². The standard InChI is InChI=1S/C9H17O2/c1-4-5-9(10)11-7-6-8(2)3/h5,8H,4,6-7H2,1-3H3. The van der Waals surface area contributed by atoms with Crippen molar-refractivity contribution in [1.82, 2.24) is 0 Å². The fraction of sp³-hybridized carbons (Fsp3) is 0.778. The van der Waals surface area contributed by atoms with Crippen LogP contribution in [0.25, 0.3) is 0 Å². The van der Waals surface area contributed by atoms with Gasteiger partial charge < -0.3 is 4.74 Å². The lowest BCUT2D eigenvalue weighted by atomic mass is 10.1. The van der Waals surface area contributed by atoms with Crippen LogP contribution in [0.3, 0.4) is 0 Å². The summed E-state index contributed by atoms with van der Waals surface area (Å²) in [4.78, 5) is 10.7. The van der Waals surface area contributed by atoms with E-state index in [-0.39, 0.29) is 5.97 Å². The van der Waals surface area contributed by atoms with Crippen LogP contribution in [0.5, 0.6) is 0 Å². The van der Waals surface area contributed by atoms with Crippen LogP contribution in [-0.2, 0) is 9.53 Å². The molecule has 0 aliphatic rings. The van der Waals surface area contributed by atoms with Crippen LogP contribution in [0.4, 0.5) is 0 Å². The maximum absolute atomic E-state index is 10.7. The van der Waals surface area contributed by atoms with Crippen LogP contribution in [-0.4, -0.2) is 12.6 Å². The van der Waals surface area contributed by atoms with Crippen molar-refractivity contribution >= 4 is 5.97 Å². The number of hydrogen-bond acceptors (Lipinski definition) is 2. The molecule has 0 spiro atoms. The average Bonchev–Trinajstić information content (AvgIpc) is 1.87. The van der Waals surface area contributed by atoms with Crippen molar-refractivity contribution in [3.05, 3.63) is 6.42 Å². The minimum atomic E-state index is -0.187. The molecular weight excluding hydrogens is 140 g/mol. The van der Waals surface area contributed by atoms with Gasteiger partial charge >= 0.3 is 5.97 Å². The molecule has 0 aromatic heterocycles. The Morgan fingerprint density at radius 3 is 2.64 bits per heavy atom. The quantitative estimate of drug-likeness (QED) is 0.572. The van der Waals surface area contributed by atoms with E-state index in [9.17, 15) is 4.79 Å². The van der Waals surface area contributed by atoms with Crippen molar-refractivity contribution in [3.8, 4) is 0 Å². The monoisotopic (exact) mass is 157 g/mol. The summed E-state index contributed by atoms with van der Waals surface area (Å²) in [5.74, 6) is 0.414. The first-order chi connectivity index (χ1) is 5.16. The lowest BCUT2D eigenvalue weighted by Crippen LogP contribution is -2.07. The molecule has 0 fully saturated rings. The van der Waals surface area contributed by atoms with E-state index >= 15 is 0 Å². The van der Waals surface area contributed by atoms with E-state index in [1.165, 1.54) is 0 Å². The summed E-state index contributed by atoms with van der Waals surface area (Å²) in [6.07, 6.45) is 3.25. The normalized spacial score (nSPS) is 10.2. The summed E-state index contributed by atoms with van der Waals surface area (Å²) < 4.78 is 4.90. The lowest BCUT2D eigenvalue weighted by molar-refractivity contribution is -0.139. The summed E-state index contributed by atoms with van der Waals surface area (Å²) in [6.45, 7) is 6.69. The largest absolute Gasteiger partial charge is 0.465 e. The van der Waals surface area contributed by atoms with E-state index < -0.39 is 0 Å². The van der Waals surface area contributed by atoms with Gasteiger partial charge in [0.05, 0.1) is 13.0 Å². The second-order valence-electron chi connectivity index (χ2n) is 2.96. The molecule has 0 aromatic carbocycles. The molecule has 0 rings (SSSR count). The number of ether oxygens (including phenoxy) is 1. The molecule has 0 aliphatic heterocycles. The number of esters is 1. The third kappa shape index (κ3) is 7.37. The Hall–Kier alpha value is -0.530. The molecule has 2 heteroatoms. The van der Waals surface area contributed by atoms with Crippen molar-refractivity contribution in [2.24, 2.45) is 5.92 Å². The highest BCUT2D eigenvalue weighted by atomic mass is 16.5. The molecule has 11 heavy (non-hydrogen) atoms. The Labute approximate surface area is 68.9 Å². The SMILES string of the molecule is CC[CH]C(=O)OCCC(C)C. The van der Waals surface area contributed by atoms with Crippen molar-refractivity contribution in [3.63, 3.8) is 0 Å². The molecule has 0 N–H and O–H groups in total. The first kappa shape index (κ1) is 10.5. The fourth-order valence-electron chi connectivity index (χ4n) is 0.621. The molecule has 0 saturated carbocycles. The molecule has 0 saturated heterocycles. The second-order valence-corrected chi connectivity index (χ2v) is 2.96. The molecule has 0 unspecified atom stereocenters. The molecule has 0 aromatic rings. The van der Waals surface area contributed by atoms with Gasteiger partial charge in [0.1, 0.15) is 0 Å². The Bertz CT molecular complexity index is 108. The van der Waals surface area contributed by atoms with Gasteiger partial charge in [-0.2, -0.15) is 0 Å². The maximum Gasteiger partial charge on any atom is 0.309 e. The lowest BCUT2D eigenvalue weighted by Gasteiger charge is -2.05. The van der Waals surface area contributed by atoms with Crippen LogP contribution in [0.15, 0.2) is 0 Å². The summed E-state index contributed by atoms with van der Waals surface area (Å²) in [5, 5.41) is 0. The molecule has 0 aliphatic carbocycles. The smallest absolute Gasteiger partial charge is 0.309 e. The van der Waals surface area contributed by atoms with Gasteiger partial charge in [0, 0.05) is 0 Å². The van der Waals surface area contributed by atoms with Crippen LogP contribution >= 0.6 is 0 Å². The van der Waals surface area contributed by atoms with Crippen LogP contribution in [0.1, 0.15) is 33.6 Å². The summed E-state index contributed by atoms with van der Waals surface area (Å²) in [6, 6.07) is 0. The number of rotatable bonds is 5. The van der Waals surface area contributed by atoms with E-state index in [1.54, 1.807) is 6.42 Å². The molecule has 0 atom stereocenters. The van der Waals surface area contributed by atoms with Gasteiger partial charge in [0.25, 0.3) is 0 Å². The van der Waals surface area contributed by atoms with E-state index in [0.29, 0.717) is 12.5 Å². The van der Waals surface area contributed by atoms with Gasteiger partial charge in [-0.15, -0.1) is 0 Å². The molecule has 0 amide bonds. The predicted molar refractivity (Wildman–Crippen MR) is 45.0 cm³/mol. The Kier molecular flexibility index (Phi) is 5.90. The van der Waals surface area contributed by atoms with Crippen molar-refractivity contribution in [2.45, 2.75) is 33.6 Å². The topological polar surface area (TPSA) is 26.3 Å². The summed E-state index contributed by atoms with van der Waals surface area (Å²) in [7, 11) is 0. The highest BCUT2D eigenvalue weighted by molar-refractivity contribution is 5.78. The molecule has 0 bridgehead atoms. The minimum Gasteiger partial charge on any atom is -0.465 e. The van der Waals surface area contributed by atoms with E-state index in [0.717, 1.165) is 12.8 Å². The molecule has 65 valence electrons. The molecular formula is C9H17O2. The van der Waals surface area contributed by atoms with Gasteiger partial charge in [0.2, 0.25) is 0 Å². The number of hydrogen-bond donors (Lipinski definition) is 0. The third-order valence-electron chi connectivity index (χ3n) is 1.31. The Morgan fingerprint density at radius 2 is 2.18 bits per heavy atom. The molecule has 1 radical (unpaired) electrons. The zero-order valence-electron chi connectivity index (χ0n) is 7.59. The van der Waals surface area contributed by atoms with Crippen LogP contribution in [0, 0.1) is 12.3 Å². The predicted octanol–water partition coefficient (Wildman–Crippen LogP) is 2.19. The first-order valence-electron chi connectivity index (χ1n) is 4.16. The molecule has 2 nitrogen and oxygen atoms in total. The van der Waals surface area contributed by atoms with Crippen molar-refractivity contribution < 1.29 is 9.53 Å². The summed E-state index contributed by atoms with van der Waals surface area (Å²) in [5.41, 5.74) is 0. The Morgan fingerprint density at radius 1 is 1.55 bits per heavy atom. The van der Waals surface area contributed by atoms with E-state index in [4.69, 9.17) is 4.74 Å². The van der Waals surface area contributed by atoms with E-state index in [2.05, 4.69) is 13.8 Å². The Balaban J connectivity index is 3.17. The molecule has 0 heterocycles. The third-order valence-corrected chi connectivity index (χ3v) is 1.31. The van der Waals surface area contributed by atoms with Crippen LogP contribution < -0.4 is 0 Å². The summed E-state index contributed by atoms with van der Waals surface area (Å²) >= 11 is 0. The van der Waals surface area contributed by atoms with Gasteiger partial charge in [-0.1, -0.05) is 20.8 Å².